The Morgan fingerprint density at radius 3 is 2.30 bits per heavy atom. The van der Waals surface area contributed by atoms with Crippen LogP contribution in [0.1, 0.15) is 11.1 Å². The van der Waals surface area contributed by atoms with E-state index in [0.717, 1.165) is 44.2 Å². The average Bonchev–Trinajstić information content (AvgIpc) is 2.62. The Bertz CT molecular complexity index is 702. The van der Waals surface area contributed by atoms with Gasteiger partial charge in [0.25, 0.3) is 0 Å². The van der Waals surface area contributed by atoms with E-state index in [1.165, 1.54) is 11.1 Å². The van der Waals surface area contributed by atoms with Crippen LogP contribution in [0.5, 0.6) is 0 Å². The van der Waals surface area contributed by atoms with E-state index in [1.54, 1.807) is 0 Å². The Morgan fingerprint density at radius 1 is 0.826 bits per heavy atom. The summed E-state index contributed by atoms with van der Waals surface area (Å²) in [6.07, 6.45) is 0. The minimum absolute atomic E-state index is 0.896. The monoisotopic (exact) mass is 306 g/mol. The molecule has 2 aromatic rings. The third-order valence-corrected chi connectivity index (χ3v) is 4.64. The summed E-state index contributed by atoms with van der Waals surface area (Å²) in [5.41, 5.74) is 3.57. The predicted octanol–water partition coefficient (Wildman–Crippen LogP) is 2.74. The first kappa shape index (κ1) is 14.4. The smallest absolute Gasteiger partial charge is 0.151 e. The van der Waals surface area contributed by atoms with Gasteiger partial charge in [0, 0.05) is 31.7 Å². The maximum absolute atomic E-state index is 4.98. The number of aliphatic imine (C=N–C) groups is 1. The number of benzene rings is 2. The van der Waals surface area contributed by atoms with Crippen molar-refractivity contribution in [1.82, 2.24) is 14.9 Å². The topological polar surface area (TPSA) is 22.1 Å². The van der Waals surface area contributed by atoms with E-state index in [0.29, 0.717) is 0 Å². The first-order chi connectivity index (χ1) is 11.3. The molecule has 2 aliphatic rings. The van der Waals surface area contributed by atoms with Crippen molar-refractivity contribution in [3.63, 3.8) is 0 Å². The predicted molar refractivity (Wildman–Crippen MR) is 93.7 cm³/mol. The highest BCUT2D eigenvalue weighted by Crippen LogP contribution is 2.29. The quantitative estimate of drug-likeness (QED) is 0.852. The number of hydrazine groups is 1. The molecule has 4 rings (SSSR count). The summed E-state index contributed by atoms with van der Waals surface area (Å²) >= 11 is 0. The van der Waals surface area contributed by atoms with E-state index >= 15 is 0 Å². The Labute approximate surface area is 137 Å². The average molecular weight is 306 g/mol. The van der Waals surface area contributed by atoms with Gasteiger partial charge in [0.05, 0.1) is 12.2 Å². The first-order valence-electron chi connectivity index (χ1n) is 8.24. The van der Waals surface area contributed by atoms with E-state index in [9.17, 15) is 0 Å². The number of fused-ring (bicyclic) bond motifs is 1. The van der Waals surface area contributed by atoms with Crippen LogP contribution in [-0.2, 0) is 6.54 Å². The summed E-state index contributed by atoms with van der Waals surface area (Å²) in [6.45, 7) is 5.18. The van der Waals surface area contributed by atoms with Crippen LogP contribution in [0, 0.1) is 0 Å². The Morgan fingerprint density at radius 2 is 1.52 bits per heavy atom. The second kappa shape index (κ2) is 6.14. The van der Waals surface area contributed by atoms with Crippen LogP contribution >= 0.6 is 0 Å². The van der Waals surface area contributed by atoms with Gasteiger partial charge in [-0.2, -0.15) is 0 Å². The molecule has 0 bridgehead atoms. The lowest BCUT2D eigenvalue weighted by Crippen LogP contribution is -2.55. The summed E-state index contributed by atoms with van der Waals surface area (Å²) in [6, 6.07) is 19.0. The molecule has 23 heavy (non-hydrogen) atoms. The highest BCUT2D eigenvalue weighted by atomic mass is 15.7. The fourth-order valence-corrected chi connectivity index (χ4v) is 3.23. The van der Waals surface area contributed by atoms with Crippen LogP contribution < -0.4 is 0 Å². The van der Waals surface area contributed by atoms with Crippen molar-refractivity contribution < 1.29 is 0 Å². The summed E-state index contributed by atoms with van der Waals surface area (Å²) in [5, 5.41) is 4.81. The third-order valence-electron chi connectivity index (χ3n) is 4.64. The summed E-state index contributed by atoms with van der Waals surface area (Å²) < 4.78 is 0. The number of hydrogen-bond donors (Lipinski definition) is 0. The zero-order chi connectivity index (χ0) is 15.6. The molecule has 4 nitrogen and oxygen atoms in total. The molecule has 0 aliphatic carbocycles. The molecule has 1 fully saturated rings. The standard InChI is InChI=1S/C19H22N4/c1-21-11-13-22(14-12-21)23-15-17-9-5-6-10-18(17)20-19(23)16-7-3-2-4-8-16/h2-10H,11-15H2,1H3. The van der Waals surface area contributed by atoms with Crippen LogP contribution in [0.3, 0.4) is 0 Å². The maximum Gasteiger partial charge on any atom is 0.151 e. The van der Waals surface area contributed by atoms with Gasteiger partial charge in [-0.3, -0.25) is 5.01 Å². The molecule has 0 radical (unpaired) electrons. The van der Waals surface area contributed by atoms with Gasteiger partial charge in [0.15, 0.2) is 5.84 Å². The number of amidine groups is 1. The lowest BCUT2D eigenvalue weighted by molar-refractivity contribution is -0.00347. The summed E-state index contributed by atoms with van der Waals surface area (Å²) in [5.74, 6) is 1.06. The molecule has 0 N–H and O–H groups in total. The van der Waals surface area contributed by atoms with E-state index < -0.39 is 0 Å². The number of hydrogen-bond acceptors (Lipinski definition) is 4. The molecule has 0 amide bonds. The molecule has 2 aromatic carbocycles. The highest BCUT2D eigenvalue weighted by molar-refractivity contribution is 6.01. The SMILES string of the molecule is CN1CCN(N2Cc3ccccc3N=C2c2ccccc2)CC1. The van der Waals surface area contributed by atoms with Crippen LogP contribution in [-0.4, -0.2) is 54.0 Å². The second-order valence-corrected chi connectivity index (χ2v) is 6.24. The van der Waals surface area contributed by atoms with Gasteiger partial charge in [-0.1, -0.05) is 48.5 Å². The first-order valence-corrected chi connectivity index (χ1v) is 8.24. The largest absolute Gasteiger partial charge is 0.304 e. The van der Waals surface area contributed by atoms with Crippen LogP contribution in [0.2, 0.25) is 0 Å². The molecule has 0 spiro atoms. The zero-order valence-corrected chi connectivity index (χ0v) is 13.5. The Kier molecular flexibility index (Phi) is 3.85. The van der Waals surface area contributed by atoms with Crippen LogP contribution in [0.4, 0.5) is 5.69 Å². The van der Waals surface area contributed by atoms with Crippen molar-refractivity contribution in [2.24, 2.45) is 4.99 Å². The summed E-state index contributed by atoms with van der Waals surface area (Å²) in [7, 11) is 2.19. The molecule has 1 saturated heterocycles. The van der Waals surface area contributed by atoms with Crippen molar-refractivity contribution in [3.8, 4) is 0 Å². The zero-order valence-electron chi connectivity index (χ0n) is 13.5. The van der Waals surface area contributed by atoms with E-state index in [-0.39, 0.29) is 0 Å². The van der Waals surface area contributed by atoms with E-state index in [1.807, 2.05) is 0 Å². The van der Waals surface area contributed by atoms with Crippen LogP contribution in [0.25, 0.3) is 0 Å². The van der Waals surface area contributed by atoms with Crippen molar-refractivity contribution in [1.29, 1.82) is 0 Å². The van der Waals surface area contributed by atoms with Gasteiger partial charge in [-0.05, 0) is 18.7 Å². The fourth-order valence-electron chi connectivity index (χ4n) is 3.23. The molecule has 4 heteroatoms. The lowest BCUT2D eigenvalue weighted by atomic mass is 10.1. The van der Waals surface area contributed by atoms with Gasteiger partial charge in [0.2, 0.25) is 0 Å². The number of para-hydroxylation sites is 1. The number of rotatable bonds is 2. The molecular formula is C19H22N4. The van der Waals surface area contributed by atoms with Gasteiger partial charge < -0.3 is 4.90 Å². The fraction of sp³-hybridized carbons (Fsp3) is 0.316. The normalized spacial score (nSPS) is 19.3. The third kappa shape index (κ3) is 2.87. The van der Waals surface area contributed by atoms with Gasteiger partial charge >= 0.3 is 0 Å². The van der Waals surface area contributed by atoms with Gasteiger partial charge in [0.1, 0.15) is 0 Å². The second-order valence-electron chi connectivity index (χ2n) is 6.24. The number of likely N-dealkylation sites (N-methyl/N-ethyl adjacent to an activating group) is 1. The van der Waals surface area contributed by atoms with Crippen molar-refractivity contribution >= 4 is 11.5 Å². The highest BCUT2D eigenvalue weighted by Gasteiger charge is 2.27. The van der Waals surface area contributed by atoms with Crippen molar-refractivity contribution in [2.75, 3.05) is 33.2 Å². The Hall–Kier alpha value is -2.17. The molecule has 0 aromatic heterocycles. The minimum atomic E-state index is 0.896. The van der Waals surface area contributed by atoms with Crippen LogP contribution in [0.15, 0.2) is 59.6 Å². The molecule has 0 unspecified atom stereocenters. The van der Waals surface area contributed by atoms with E-state index in [4.69, 9.17) is 4.99 Å². The maximum atomic E-state index is 4.98. The number of piperazine rings is 1. The summed E-state index contributed by atoms with van der Waals surface area (Å²) in [4.78, 5) is 7.36. The number of nitrogens with zero attached hydrogens (tertiary/aromatic N) is 4. The van der Waals surface area contributed by atoms with Gasteiger partial charge in [-0.25, -0.2) is 10.0 Å². The molecule has 2 aliphatic heterocycles. The Balaban J connectivity index is 1.72. The van der Waals surface area contributed by atoms with Gasteiger partial charge in [-0.15, -0.1) is 0 Å². The molecular weight excluding hydrogens is 284 g/mol. The molecule has 2 heterocycles. The van der Waals surface area contributed by atoms with Crippen molar-refractivity contribution in [3.05, 3.63) is 65.7 Å². The minimum Gasteiger partial charge on any atom is -0.304 e. The molecule has 0 atom stereocenters. The van der Waals surface area contributed by atoms with E-state index in [2.05, 4.69) is 76.6 Å². The molecule has 118 valence electrons. The lowest BCUT2D eigenvalue weighted by Gasteiger charge is -2.43. The van der Waals surface area contributed by atoms with Crippen molar-refractivity contribution in [2.45, 2.75) is 6.54 Å². The molecule has 0 saturated carbocycles.